The number of nitrogens with zero attached hydrogens (tertiary/aromatic N) is 5. The summed E-state index contributed by atoms with van der Waals surface area (Å²) in [5.74, 6) is -0.177. The first-order valence-corrected chi connectivity index (χ1v) is 10.5. The van der Waals surface area contributed by atoms with Crippen LogP contribution in [-0.4, -0.2) is 81.4 Å². The minimum Gasteiger partial charge on any atom is -0.444 e. The molecule has 0 saturated carbocycles. The van der Waals surface area contributed by atoms with Crippen LogP contribution in [0.3, 0.4) is 0 Å². The van der Waals surface area contributed by atoms with Crippen LogP contribution in [0, 0.1) is 0 Å². The van der Waals surface area contributed by atoms with Crippen molar-refractivity contribution < 1.29 is 14.3 Å². The molecule has 29 heavy (non-hydrogen) atoms. The third kappa shape index (κ3) is 6.01. The van der Waals surface area contributed by atoms with Gasteiger partial charge in [0.2, 0.25) is 0 Å². The maximum absolute atomic E-state index is 12.3. The molecule has 0 aliphatic carbocycles. The van der Waals surface area contributed by atoms with Crippen molar-refractivity contribution in [2.45, 2.75) is 26.4 Å². The van der Waals surface area contributed by atoms with Gasteiger partial charge in [0.25, 0.3) is 5.91 Å². The van der Waals surface area contributed by atoms with Crippen molar-refractivity contribution in [2.75, 3.05) is 39.3 Å². The first-order chi connectivity index (χ1) is 13.7. The molecule has 1 aliphatic rings. The van der Waals surface area contributed by atoms with E-state index < -0.39 is 5.60 Å². The van der Waals surface area contributed by atoms with Crippen LogP contribution in [0.2, 0.25) is 0 Å². The van der Waals surface area contributed by atoms with E-state index in [9.17, 15) is 9.59 Å². The summed E-state index contributed by atoms with van der Waals surface area (Å²) in [5.41, 5.74) is 0.841. The van der Waals surface area contributed by atoms with Crippen LogP contribution >= 0.6 is 11.3 Å². The molecule has 2 aromatic rings. The van der Waals surface area contributed by atoms with E-state index in [2.05, 4.69) is 20.3 Å². The topological polar surface area (TPSA) is 92.6 Å². The molecule has 9 nitrogen and oxygen atoms in total. The second-order valence-corrected chi connectivity index (χ2v) is 8.86. The van der Waals surface area contributed by atoms with Gasteiger partial charge in [0, 0.05) is 63.5 Å². The van der Waals surface area contributed by atoms with Crippen LogP contribution in [-0.2, 0) is 11.8 Å². The zero-order valence-corrected chi connectivity index (χ0v) is 18.2. The molecule has 10 heteroatoms. The Kier molecular flexibility index (Phi) is 6.53. The summed E-state index contributed by atoms with van der Waals surface area (Å²) < 4.78 is 7.12. The summed E-state index contributed by atoms with van der Waals surface area (Å²) in [6.45, 7) is 9.64. The molecule has 1 aliphatic heterocycles. The van der Waals surface area contributed by atoms with Crippen LogP contribution in [0.25, 0.3) is 10.6 Å². The molecule has 1 N–H and O–H groups in total. The van der Waals surface area contributed by atoms with E-state index in [1.165, 1.54) is 11.3 Å². The molecule has 0 aromatic carbocycles. The summed E-state index contributed by atoms with van der Waals surface area (Å²) in [6, 6.07) is 0. The Labute approximate surface area is 174 Å². The average Bonchev–Trinajstić information content (AvgIpc) is 3.30. The molecule has 3 heterocycles. The fourth-order valence-electron chi connectivity index (χ4n) is 2.94. The van der Waals surface area contributed by atoms with Gasteiger partial charge in [0.1, 0.15) is 16.3 Å². The lowest BCUT2D eigenvalue weighted by Gasteiger charge is -2.35. The Morgan fingerprint density at radius 1 is 1.24 bits per heavy atom. The number of hydrogen-bond acceptors (Lipinski definition) is 7. The maximum Gasteiger partial charge on any atom is 0.410 e. The van der Waals surface area contributed by atoms with E-state index in [1.54, 1.807) is 21.2 Å². The molecular formula is C19H28N6O3S. The molecule has 0 unspecified atom stereocenters. The van der Waals surface area contributed by atoms with E-state index in [-0.39, 0.29) is 12.0 Å². The maximum atomic E-state index is 12.3. The van der Waals surface area contributed by atoms with E-state index in [1.807, 2.05) is 34.0 Å². The third-order valence-corrected chi connectivity index (χ3v) is 5.32. The lowest BCUT2D eigenvalue weighted by atomic mass is 10.2. The van der Waals surface area contributed by atoms with Gasteiger partial charge in [-0.05, 0) is 20.8 Å². The van der Waals surface area contributed by atoms with Crippen LogP contribution < -0.4 is 5.32 Å². The highest BCUT2D eigenvalue weighted by Gasteiger charge is 2.25. The van der Waals surface area contributed by atoms with Gasteiger partial charge in [-0.25, -0.2) is 9.78 Å². The first-order valence-electron chi connectivity index (χ1n) is 9.64. The molecule has 1 fully saturated rings. The predicted molar refractivity (Wildman–Crippen MR) is 111 cm³/mol. The van der Waals surface area contributed by atoms with Crippen molar-refractivity contribution in [2.24, 2.45) is 7.05 Å². The Morgan fingerprint density at radius 2 is 1.97 bits per heavy atom. The number of carbonyl (C=O) groups is 2. The monoisotopic (exact) mass is 420 g/mol. The molecule has 0 spiro atoms. The number of thiazole rings is 1. The van der Waals surface area contributed by atoms with Gasteiger partial charge in [-0.3, -0.25) is 14.4 Å². The van der Waals surface area contributed by atoms with E-state index in [4.69, 9.17) is 4.74 Å². The average molecular weight is 421 g/mol. The van der Waals surface area contributed by atoms with Gasteiger partial charge < -0.3 is 15.0 Å². The first kappa shape index (κ1) is 21.3. The number of hydrogen-bond donors (Lipinski definition) is 1. The SMILES string of the molecule is Cn1cc(-c2nc(C(=O)NCCN3CCN(C(=O)OC(C)(C)C)CC3)cs2)cn1. The van der Waals surface area contributed by atoms with Crippen molar-refractivity contribution in [3.8, 4) is 10.6 Å². The summed E-state index contributed by atoms with van der Waals surface area (Å²) in [4.78, 5) is 32.8. The van der Waals surface area contributed by atoms with E-state index in [0.29, 0.717) is 25.3 Å². The molecule has 1 saturated heterocycles. The summed E-state index contributed by atoms with van der Waals surface area (Å²) in [5, 5.41) is 9.59. The molecular weight excluding hydrogens is 392 g/mol. The quantitative estimate of drug-likeness (QED) is 0.793. The molecule has 3 rings (SSSR count). The third-order valence-electron chi connectivity index (χ3n) is 4.43. The zero-order chi connectivity index (χ0) is 21.0. The Balaban J connectivity index is 1.39. The molecule has 0 bridgehead atoms. The highest BCUT2D eigenvalue weighted by atomic mass is 32.1. The fourth-order valence-corrected chi connectivity index (χ4v) is 3.72. The van der Waals surface area contributed by atoms with Gasteiger partial charge in [0.05, 0.1) is 6.20 Å². The molecule has 2 aromatic heterocycles. The number of aromatic nitrogens is 3. The summed E-state index contributed by atoms with van der Waals surface area (Å²) >= 11 is 1.43. The number of carbonyl (C=O) groups excluding carboxylic acids is 2. The number of piperazine rings is 1. The van der Waals surface area contributed by atoms with Crippen molar-refractivity contribution in [3.05, 3.63) is 23.5 Å². The number of amides is 2. The highest BCUT2D eigenvalue weighted by molar-refractivity contribution is 7.13. The highest BCUT2D eigenvalue weighted by Crippen LogP contribution is 2.22. The van der Waals surface area contributed by atoms with Crippen LogP contribution in [0.15, 0.2) is 17.8 Å². The van der Waals surface area contributed by atoms with Gasteiger partial charge in [-0.1, -0.05) is 0 Å². The van der Waals surface area contributed by atoms with E-state index >= 15 is 0 Å². The normalized spacial score (nSPS) is 15.4. The van der Waals surface area contributed by atoms with Crippen LogP contribution in [0.4, 0.5) is 4.79 Å². The molecule has 0 radical (unpaired) electrons. The number of nitrogens with one attached hydrogen (secondary N) is 1. The Hall–Kier alpha value is -2.46. The fraction of sp³-hybridized carbons (Fsp3) is 0.579. The van der Waals surface area contributed by atoms with Crippen molar-refractivity contribution in [3.63, 3.8) is 0 Å². The molecule has 0 atom stereocenters. The number of aryl methyl sites for hydroxylation is 1. The lowest BCUT2D eigenvalue weighted by molar-refractivity contribution is 0.0147. The Bertz CT molecular complexity index is 848. The van der Waals surface area contributed by atoms with Crippen LogP contribution in [0.5, 0.6) is 0 Å². The second-order valence-electron chi connectivity index (χ2n) is 8.01. The minimum absolute atomic E-state index is 0.177. The smallest absolute Gasteiger partial charge is 0.410 e. The predicted octanol–water partition coefficient (Wildman–Crippen LogP) is 1.83. The number of ether oxygens (including phenoxy) is 1. The van der Waals surface area contributed by atoms with Crippen molar-refractivity contribution in [1.29, 1.82) is 0 Å². The van der Waals surface area contributed by atoms with Crippen LogP contribution in [0.1, 0.15) is 31.3 Å². The largest absolute Gasteiger partial charge is 0.444 e. The van der Waals surface area contributed by atoms with E-state index in [0.717, 1.165) is 30.2 Å². The standard InChI is InChI=1S/C19H28N6O3S/c1-19(2,3)28-18(27)25-9-7-24(8-10-25)6-5-20-16(26)15-13-29-17(22-15)14-11-21-23(4)12-14/h11-13H,5-10H2,1-4H3,(H,20,26). The van der Waals surface area contributed by atoms with Gasteiger partial charge in [0.15, 0.2) is 0 Å². The summed E-state index contributed by atoms with van der Waals surface area (Å²) in [6.07, 6.45) is 3.34. The van der Waals surface area contributed by atoms with Crippen molar-refractivity contribution >= 4 is 23.3 Å². The van der Waals surface area contributed by atoms with Gasteiger partial charge in [-0.2, -0.15) is 5.10 Å². The van der Waals surface area contributed by atoms with Gasteiger partial charge in [-0.15, -0.1) is 11.3 Å². The minimum atomic E-state index is -0.481. The second kappa shape index (κ2) is 8.91. The molecule has 2 amide bonds. The number of rotatable bonds is 5. The lowest BCUT2D eigenvalue weighted by Crippen LogP contribution is -2.51. The molecule has 158 valence electrons. The Morgan fingerprint density at radius 3 is 2.59 bits per heavy atom. The van der Waals surface area contributed by atoms with Gasteiger partial charge >= 0.3 is 6.09 Å². The summed E-state index contributed by atoms with van der Waals surface area (Å²) in [7, 11) is 1.85. The zero-order valence-electron chi connectivity index (χ0n) is 17.3. The van der Waals surface area contributed by atoms with Crippen molar-refractivity contribution in [1.82, 2.24) is 29.9 Å².